The van der Waals surface area contributed by atoms with Crippen molar-refractivity contribution in [1.82, 2.24) is 9.80 Å². The first kappa shape index (κ1) is 27.7. The quantitative estimate of drug-likeness (QED) is 0.338. The molecule has 2 aromatic carbocycles. The lowest BCUT2D eigenvalue weighted by Gasteiger charge is -2.37. The van der Waals surface area contributed by atoms with Crippen LogP contribution in [0, 0.1) is 0 Å². The number of carbonyl (C=O) groups is 2. The van der Waals surface area contributed by atoms with Gasteiger partial charge in [-0.25, -0.2) is 0 Å². The molecule has 1 unspecified atom stereocenters. The van der Waals surface area contributed by atoms with E-state index in [2.05, 4.69) is 37.4 Å². The van der Waals surface area contributed by atoms with Crippen LogP contribution in [-0.2, 0) is 16.0 Å². The molecule has 0 spiro atoms. The van der Waals surface area contributed by atoms with E-state index in [0.29, 0.717) is 43.5 Å². The van der Waals surface area contributed by atoms with Crippen LogP contribution in [0.2, 0.25) is 0 Å². The maximum atomic E-state index is 13.7. The third-order valence-electron chi connectivity index (χ3n) is 6.89. The second-order valence-corrected chi connectivity index (χ2v) is 10.6. The molecule has 202 valence electrons. The molecule has 0 radical (unpaired) electrons. The minimum atomic E-state index is -0.220. The van der Waals surface area contributed by atoms with Crippen LogP contribution in [0.25, 0.3) is 0 Å². The van der Waals surface area contributed by atoms with Crippen molar-refractivity contribution in [2.24, 2.45) is 0 Å². The SMILES string of the molecule is COCCN(CC(=O)N1CCc2sccc2C1COc1ccc(C(C)C)cc1)C(=O)c1ccc(OC)cc1. The summed E-state index contributed by atoms with van der Waals surface area (Å²) in [4.78, 5) is 31.7. The molecule has 7 nitrogen and oxygen atoms in total. The molecule has 0 saturated carbocycles. The molecule has 0 N–H and O–H groups in total. The van der Waals surface area contributed by atoms with Gasteiger partial charge in [0.15, 0.2) is 0 Å². The predicted molar refractivity (Wildman–Crippen MR) is 149 cm³/mol. The van der Waals surface area contributed by atoms with E-state index in [0.717, 1.165) is 17.7 Å². The number of amides is 2. The Labute approximate surface area is 228 Å². The Kier molecular flexibility index (Phi) is 9.42. The van der Waals surface area contributed by atoms with Crippen LogP contribution in [0.4, 0.5) is 0 Å². The monoisotopic (exact) mass is 536 g/mol. The molecule has 8 heteroatoms. The van der Waals surface area contributed by atoms with Crippen LogP contribution in [-0.4, -0.2) is 68.7 Å². The Balaban J connectivity index is 1.50. The summed E-state index contributed by atoms with van der Waals surface area (Å²) in [6, 6.07) is 16.9. The molecule has 1 aromatic heterocycles. The van der Waals surface area contributed by atoms with Gasteiger partial charge in [-0.2, -0.15) is 0 Å². The van der Waals surface area contributed by atoms with Crippen LogP contribution in [0.5, 0.6) is 11.5 Å². The summed E-state index contributed by atoms with van der Waals surface area (Å²) in [6.45, 7) is 5.87. The van der Waals surface area contributed by atoms with Gasteiger partial charge in [0.25, 0.3) is 5.91 Å². The second-order valence-electron chi connectivity index (χ2n) is 9.63. The third kappa shape index (κ3) is 6.55. The topological polar surface area (TPSA) is 68.3 Å². The van der Waals surface area contributed by atoms with Crippen LogP contribution >= 0.6 is 11.3 Å². The van der Waals surface area contributed by atoms with E-state index in [1.54, 1.807) is 54.7 Å². The van der Waals surface area contributed by atoms with E-state index in [4.69, 9.17) is 14.2 Å². The zero-order valence-corrected chi connectivity index (χ0v) is 23.3. The molecule has 0 fully saturated rings. The molecule has 38 heavy (non-hydrogen) atoms. The summed E-state index contributed by atoms with van der Waals surface area (Å²) < 4.78 is 16.6. The van der Waals surface area contributed by atoms with Crippen LogP contribution in [0.15, 0.2) is 60.0 Å². The largest absolute Gasteiger partial charge is 0.497 e. The summed E-state index contributed by atoms with van der Waals surface area (Å²) in [5, 5.41) is 2.07. The van der Waals surface area contributed by atoms with Gasteiger partial charge < -0.3 is 24.0 Å². The minimum Gasteiger partial charge on any atom is -0.497 e. The first-order chi connectivity index (χ1) is 18.4. The second kappa shape index (κ2) is 12.9. The van der Waals surface area contributed by atoms with Gasteiger partial charge in [0, 0.05) is 30.6 Å². The molecule has 2 heterocycles. The number of nitrogens with zero attached hydrogens (tertiary/aromatic N) is 2. The summed E-state index contributed by atoms with van der Waals surface area (Å²) in [7, 11) is 3.17. The van der Waals surface area contributed by atoms with Crippen LogP contribution in [0.1, 0.15) is 52.2 Å². The highest BCUT2D eigenvalue weighted by Gasteiger charge is 2.33. The lowest BCUT2D eigenvalue weighted by Crippen LogP contribution is -2.48. The molecule has 1 aliphatic rings. The summed E-state index contributed by atoms with van der Waals surface area (Å²) in [5.41, 5.74) is 2.88. The average Bonchev–Trinajstić information content (AvgIpc) is 3.43. The van der Waals surface area contributed by atoms with E-state index in [1.165, 1.54) is 10.4 Å². The van der Waals surface area contributed by atoms with E-state index in [1.807, 2.05) is 17.0 Å². The van der Waals surface area contributed by atoms with Crippen LogP contribution < -0.4 is 9.47 Å². The fraction of sp³-hybridized carbons (Fsp3) is 0.400. The normalized spacial score (nSPS) is 14.8. The molecule has 1 atom stereocenters. The lowest BCUT2D eigenvalue weighted by molar-refractivity contribution is -0.135. The highest BCUT2D eigenvalue weighted by Crippen LogP contribution is 2.34. The molecule has 4 rings (SSSR count). The molecular formula is C30H36N2O5S. The number of rotatable bonds is 11. The van der Waals surface area contributed by atoms with Gasteiger partial charge in [-0.05, 0) is 71.3 Å². The summed E-state index contributed by atoms with van der Waals surface area (Å²) >= 11 is 1.72. The van der Waals surface area contributed by atoms with E-state index in [9.17, 15) is 9.59 Å². The van der Waals surface area contributed by atoms with Crippen LogP contribution in [0.3, 0.4) is 0 Å². The van der Waals surface area contributed by atoms with Gasteiger partial charge in [-0.15, -0.1) is 11.3 Å². The number of hydrogen-bond donors (Lipinski definition) is 0. The number of hydrogen-bond acceptors (Lipinski definition) is 6. The van der Waals surface area contributed by atoms with Gasteiger partial charge in [-0.3, -0.25) is 9.59 Å². The standard InChI is InChI=1S/C30H36N2O5S/c1-21(2)22-5-11-25(12-6-22)37-20-27-26-14-18-38-28(26)13-15-32(27)29(33)19-31(16-17-35-3)30(34)23-7-9-24(36-4)10-8-23/h5-12,14,18,21,27H,13,15-17,19-20H2,1-4H3. The molecular weight excluding hydrogens is 500 g/mol. The molecule has 0 saturated heterocycles. The van der Waals surface area contributed by atoms with E-state index in [-0.39, 0.29) is 24.4 Å². The minimum absolute atomic E-state index is 0.0344. The van der Waals surface area contributed by atoms with E-state index >= 15 is 0 Å². The Bertz CT molecular complexity index is 1210. The Hall–Kier alpha value is -3.36. The van der Waals surface area contributed by atoms with E-state index < -0.39 is 0 Å². The van der Waals surface area contributed by atoms with Gasteiger partial charge in [-0.1, -0.05) is 26.0 Å². The van der Waals surface area contributed by atoms with Crippen molar-refractivity contribution in [2.45, 2.75) is 32.2 Å². The van der Waals surface area contributed by atoms with Crippen molar-refractivity contribution in [3.63, 3.8) is 0 Å². The molecule has 1 aliphatic heterocycles. The van der Waals surface area contributed by atoms with Crippen molar-refractivity contribution >= 4 is 23.2 Å². The first-order valence-electron chi connectivity index (χ1n) is 12.9. The number of methoxy groups -OCH3 is 2. The predicted octanol–water partition coefficient (Wildman–Crippen LogP) is 5.17. The van der Waals surface area contributed by atoms with Crippen molar-refractivity contribution in [2.75, 3.05) is 47.1 Å². The lowest BCUT2D eigenvalue weighted by atomic mass is 10.00. The van der Waals surface area contributed by atoms with Gasteiger partial charge in [0.2, 0.25) is 5.91 Å². The first-order valence-corrected chi connectivity index (χ1v) is 13.8. The number of fused-ring (bicyclic) bond motifs is 1. The zero-order valence-electron chi connectivity index (χ0n) is 22.5. The van der Waals surface area contributed by atoms with Crippen molar-refractivity contribution in [3.05, 3.63) is 81.5 Å². The maximum absolute atomic E-state index is 13.7. The fourth-order valence-corrected chi connectivity index (χ4v) is 5.55. The molecule has 0 bridgehead atoms. The molecule has 2 amide bonds. The zero-order chi connectivity index (χ0) is 27.1. The maximum Gasteiger partial charge on any atom is 0.254 e. The smallest absolute Gasteiger partial charge is 0.254 e. The highest BCUT2D eigenvalue weighted by atomic mass is 32.1. The number of thiophene rings is 1. The van der Waals surface area contributed by atoms with Gasteiger partial charge in [0.05, 0.1) is 19.8 Å². The summed E-state index contributed by atoms with van der Waals surface area (Å²) in [6.07, 6.45) is 0.794. The van der Waals surface area contributed by atoms with Crippen molar-refractivity contribution in [3.8, 4) is 11.5 Å². The van der Waals surface area contributed by atoms with Gasteiger partial charge in [0.1, 0.15) is 24.7 Å². The fourth-order valence-electron chi connectivity index (χ4n) is 4.62. The van der Waals surface area contributed by atoms with Crippen molar-refractivity contribution in [1.29, 1.82) is 0 Å². The third-order valence-corrected chi connectivity index (χ3v) is 7.88. The summed E-state index contributed by atoms with van der Waals surface area (Å²) in [5.74, 6) is 1.57. The molecule has 3 aromatic rings. The average molecular weight is 537 g/mol. The highest BCUT2D eigenvalue weighted by molar-refractivity contribution is 7.10. The van der Waals surface area contributed by atoms with Gasteiger partial charge >= 0.3 is 0 Å². The Morgan fingerprint density at radius 2 is 1.74 bits per heavy atom. The number of ether oxygens (including phenoxy) is 3. The Morgan fingerprint density at radius 1 is 1.03 bits per heavy atom. The number of benzene rings is 2. The van der Waals surface area contributed by atoms with Crippen molar-refractivity contribution < 1.29 is 23.8 Å². The molecule has 0 aliphatic carbocycles. The number of carbonyl (C=O) groups excluding carboxylic acids is 2. The Morgan fingerprint density at radius 3 is 2.39 bits per heavy atom.